The summed E-state index contributed by atoms with van der Waals surface area (Å²) < 4.78 is 13.2. The predicted molar refractivity (Wildman–Crippen MR) is 114 cm³/mol. The van der Waals surface area contributed by atoms with Crippen LogP contribution in [0.15, 0.2) is 58.7 Å². The van der Waals surface area contributed by atoms with Crippen LogP contribution in [0.25, 0.3) is 0 Å². The average Bonchev–Trinajstić information content (AvgIpc) is 2.98. The van der Waals surface area contributed by atoms with Crippen LogP contribution in [0.3, 0.4) is 0 Å². The summed E-state index contributed by atoms with van der Waals surface area (Å²) in [6.45, 7) is 4.51. The number of halogens is 1. The van der Waals surface area contributed by atoms with Crippen LogP contribution < -0.4 is 0 Å². The third kappa shape index (κ3) is 5.29. The number of benzene rings is 2. The fourth-order valence-corrected chi connectivity index (χ4v) is 4.02. The Balaban J connectivity index is 1.78. The molecule has 2 aromatic carbocycles. The van der Waals surface area contributed by atoms with Crippen LogP contribution in [-0.2, 0) is 11.3 Å². The molecule has 0 N–H and O–H groups in total. The number of hydrogen-bond donors (Lipinski definition) is 0. The highest BCUT2D eigenvalue weighted by Crippen LogP contribution is 2.32. The lowest BCUT2D eigenvalue weighted by Crippen LogP contribution is -2.31. The maximum absolute atomic E-state index is 13.2. The van der Waals surface area contributed by atoms with Crippen molar-refractivity contribution in [2.45, 2.75) is 44.9 Å². The number of aryl methyl sites for hydroxylation is 1. The molecule has 4 nitrogen and oxygen atoms in total. The van der Waals surface area contributed by atoms with Crippen molar-refractivity contribution in [2.24, 2.45) is 10.2 Å². The molecule has 1 fully saturated rings. The van der Waals surface area contributed by atoms with Crippen molar-refractivity contribution in [2.75, 3.05) is 0 Å². The zero-order chi connectivity index (χ0) is 19.9. The highest BCUT2D eigenvalue weighted by atomic mass is 32.2. The molecule has 3 rings (SSSR count). The number of rotatable bonds is 7. The number of carbonyl (C=O) groups is 1. The fraction of sp³-hybridized carbons (Fsp3) is 0.318. The summed E-state index contributed by atoms with van der Waals surface area (Å²) in [6, 6.07) is 14.2. The summed E-state index contributed by atoms with van der Waals surface area (Å²) in [7, 11) is 0. The number of unbranched alkanes of at least 4 members (excludes halogenated alkanes) is 1. The third-order valence-corrected chi connectivity index (χ3v) is 5.76. The van der Waals surface area contributed by atoms with E-state index in [-0.39, 0.29) is 17.0 Å². The largest absolute Gasteiger partial charge is 0.284 e. The smallest absolute Gasteiger partial charge is 0.242 e. The van der Waals surface area contributed by atoms with Gasteiger partial charge in [-0.1, -0.05) is 73.5 Å². The molecule has 1 amide bonds. The molecule has 0 spiro atoms. The molecule has 0 aliphatic carbocycles. The standard InChI is InChI=1S/C22H24FN3OS/c1-3-4-5-20-21(27)26(15-18-10-12-19(23)13-11-18)22(28-20)25-24-14-17-8-6-16(2)7-9-17/h6-14,20H,3-5,15H2,1-2H3/b24-14-,25-22+/t20-/m0/s1. The minimum absolute atomic E-state index is 0.0482. The molecule has 1 aliphatic rings. The van der Waals surface area contributed by atoms with Crippen molar-refractivity contribution in [1.29, 1.82) is 0 Å². The van der Waals surface area contributed by atoms with Gasteiger partial charge in [-0.05, 0) is 36.6 Å². The molecular weight excluding hydrogens is 373 g/mol. The van der Waals surface area contributed by atoms with E-state index in [9.17, 15) is 9.18 Å². The Morgan fingerprint density at radius 3 is 2.54 bits per heavy atom. The minimum Gasteiger partial charge on any atom is -0.284 e. The van der Waals surface area contributed by atoms with E-state index in [1.165, 1.54) is 29.5 Å². The van der Waals surface area contributed by atoms with Gasteiger partial charge in [0, 0.05) is 0 Å². The van der Waals surface area contributed by atoms with E-state index >= 15 is 0 Å². The molecule has 0 radical (unpaired) electrons. The molecule has 28 heavy (non-hydrogen) atoms. The molecule has 6 heteroatoms. The monoisotopic (exact) mass is 397 g/mol. The fourth-order valence-electron chi connectivity index (χ4n) is 2.87. The molecule has 0 saturated carbocycles. The maximum Gasteiger partial charge on any atom is 0.242 e. The van der Waals surface area contributed by atoms with Gasteiger partial charge in [0.15, 0.2) is 5.17 Å². The van der Waals surface area contributed by atoms with Crippen molar-refractivity contribution >= 4 is 29.1 Å². The first-order chi connectivity index (χ1) is 13.6. The number of thioether (sulfide) groups is 1. The van der Waals surface area contributed by atoms with Gasteiger partial charge < -0.3 is 0 Å². The normalized spacial score (nSPS) is 18.5. The van der Waals surface area contributed by atoms with Crippen LogP contribution in [0.4, 0.5) is 4.39 Å². The number of amidine groups is 1. The molecule has 146 valence electrons. The molecule has 0 aromatic heterocycles. The van der Waals surface area contributed by atoms with Crippen molar-refractivity contribution in [3.63, 3.8) is 0 Å². The second-order valence-electron chi connectivity index (χ2n) is 6.84. The molecule has 1 aliphatic heterocycles. The molecule has 0 bridgehead atoms. The molecule has 2 aromatic rings. The second-order valence-corrected chi connectivity index (χ2v) is 8.01. The topological polar surface area (TPSA) is 45.0 Å². The van der Waals surface area contributed by atoms with Crippen molar-refractivity contribution < 1.29 is 9.18 Å². The Morgan fingerprint density at radius 1 is 1.14 bits per heavy atom. The van der Waals surface area contributed by atoms with E-state index in [0.717, 1.165) is 30.4 Å². The Labute approximate surface area is 169 Å². The summed E-state index contributed by atoms with van der Waals surface area (Å²) in [6.07, 6.45) is 4.54. The van der Waals surface area contributed by atoms with Gasteiger partial charge in [0.1, 0.15) is 5.82 Å². The first kappa shape index (κ1) is 20.3. The van der Waals surface area contributed by atoms with Crippen molar-refractivity contribution in [3.8, 4) is 0 Å². The van der Waals surface area contributed by atoms with E-state index < -0.39 is 0 Å². The van der Waals surface area contributed by atoms with Crippen molar-refractivity contribution in [3.05, 3.63) is 71.0 Å². The molecule has 1 heterocycles. The lowest BCUT2D eigenvalue weighted by Gasteiger charge is -2.15. The van der Waals surface area contributed by atoms with Crippen LogP contribution in [0.2, 0.25) is 0 Å². The van der Waals surface area contributed by atoms with Gasteiger partial charge in [-0.25, -0.2) is 4.39 Å². The summed E-state index contributed by atoms with van der Waals surface area (Å²) in [4.78, 5) is 14.5. The van der Waals surface area contributed by atoms with Crippen LogP contribution in [0.5, 0.6) is 0 Å². The van der Waals surface area contributed by atoms with Gasteiger partial charge in [0.2, 0.25) is 5.91 Å². The Bertz CT molecular complexity index is 862. The first-order valence-electron chi connectivity index (χ1n) is 9.47. The number of amides is 1. The Morgan fingerprint density at radius 2 is 1.86 bits per heavy atom. The Kier molecular flexibility index (Phi) is 6.98. The second kappa shape index (κ2) is 9.64. The number of hydrogen-bond acceptors (Lipinski definition) is 4. The van der Waals surface area contributed by atoms with E-state index in [1.54, 1.807) is 23.2 Å². The first-order valence-corrected chi connectivity index (χ1v) is 10.3. The van der Waals surface area contributed by atoms with E-state index in [4.69, 9.17) is 0 Å². The van der Waals surface area contributed by atoms with Gasteiger partial charge in [-0.3, -0.25) is 9.69 Å². The molecular formula is C22H24FN3OS. The highest BCUT2D eigenvalue weighted by Gasteiger charge is 2.37. The van der Waals surface area contributed by atoms with Gasteiger partial charge in [-0.15, -0.1) is 5.10 Å². The summed E-state index contributed by atoms with van der Waals surface area (Å²) >= 11 is 1.47. The van der Waals surface area contributed by atoms with Crippen LogP contribution in [0.1, 0.15) is 42.9 Å². The van der Waals surface area contributed by atoms with E-state index in [0.29, 0.717) is 11.7 Å². The molecule has 0 unspecified atom stereocenters. The van der Waals surface area contributed by atoms with Crippen LogP contribution in [0, 0.1) is 12.7 Å². The number of nitrogens with zero attached hydrogens (tertiary/aromatic N) is 3. The molecule has 1 saturated heterocycles. The Hall–Kier alpha value is -2.47. The van der Waals surface area contributed by atoms with Gasteiger partial charge in [0.25, 0.3) is 0 Å². The van der Waals surface area contributed by atoms with Gasteiger partial charge in [-0.2, -0.15) is 5.10 Å². The maximum atomic E-state index is 13.2. The summed E-state index contributed by atoms with van der Waals surface area (Å²) in [5, 5.41) is 8.99. The summed E-state index contributed by atoms with van der Waals surface area (Å²) in [5.74, 6) is -0.240. The van der Waals surface area contributed by atoms with E-state index in [1.807, 2.05) is 31.2 Å². The van der Waals surface area contributed by atoms with E-state index in [2.05, 4.69) is 17.1 Å². The van der Waals surface area contributed by atoms with Gasteiger partial charge in [0.05, 0.1) is 18.0 Å². The summed E-state index contributed by atoms with van der Waals surface area (Å²) in [5.41, 5.74) is 3.00. The van der Waals surface area contributed by atoms with Gasteiger partial charge >= 0.3 is 0 Å². The van der Waals surface area contributed by atoms with Crippen molar-refractivity contribution in [1.82, 2.24) is 4.90 Å². The lowest BCUT2D eigenvalue weighted by atomic mass is 10.1. The lowest BCUT2D eigenvalue weighted by molar-refractivity contribution is -0.126. The molecule has 1 atom stereocenters. The minimum atomic E-state index is -0.289. The third-order valence-electron chi connectivity index (χ3n) is 4.52. The zero-order valence-corrected chi connectivity index (χ0v) is 17.0. The SMILES string of the molecule is CCCC[C@@H]1S/C(=N/N=C\c2ccc(C)cc2)N(Cc2ccc(F)cc2)C1=O. The van der Waals surface area contributed by atoms with Crippen LogP contribution >= 0.6 is 11.8 Å². The quantitative estimate of drug-likeness (QED) is 0.479. The van der Waals surface area contributed by atoms with Crippen LogP contribution in [-0.4, -0.2) is 27.4 Å². The predicted octanol–water partition coefficient (Wildman–Crippen LogP) is 5.16. The highest BCUT2D eigenvalue weighted by molar-refractivity contribution is 8.15. The average molecular weight is 398 g/mol. The number of carbonyl (C=O) groups excluding carboxylic acids is 1. The zero-order valence-electron chi connectivity index (χ0n) is 16.1.